The van der Waals surface area contributed by atoms with Crippen LogP contribution < -0.4 is 0 Å². The minimum atomic E-state index is -0.00545. The zero-order valence-corrected chi connectivity index (χ0v) is 12.3. The van der Waals surface area contributed by atoms with E-state index in [4.69, 9.17) is 4.74 Å². The van der Waals surface area contributed by atoms with Gasteiger partial charge in [-0.25, -0.2) is 19.2 Å². The number of rotatable bonds is 2. The van der Waals surface area contributed by atoms with E-state index in [-0.39, 0.29) is 6.10 Å². The van der Waals surface area contributed by atoms with E-state index in [2.05, 4.69) is 20.2 Å². The van der Waals surface area contributed by atoms with Crippen LogP contribution in [0.2, 0.25) is 0 Å². The maximum absolute atomic E-state index is 5.68. The van der Waals surface area contributed by atoms with Gasteiger partial charge in [-0.1, -0.05) is 18.2 Å². The molecular formula is C16H14N6O. The van der Waals surface area contributed by atoms with Gasteiger partial charge in [0.1, 0.15) is 12.4 Å². The number of benzene rings is 1. The zero-order valence-electron chi connectivity index (χ0n) is 12.3. The van der Waals surface area contributed by atoms with Gasteiger partial charge in [0.05, 0.1) is 17.3 Å². The third kappa shape index (κ3) is 1.93. The van der Waals surface area contributed by atoms with Gasteiger partial charge in [-0.15, -0.1) is 5.10 Å². The normalized spacial score (nSPS) is 18.2. The van der Waals surface area contributed by atoms with Crippen molar-refractivity contribution in [1.29, 1.82) is 0 Å². The van der Waals surface area contributed by atoms with E-state index in [0.717, 1.165) is 47.6 Å². The second-order valence-electron chi connectivity index (χ2n) is 5.61. The predicted molar refractivity (Wildman–Crippen MR) is 83.3 cm³/mol. The van der Waals surface area contributed by atoms with Crippen LogP contribution in [0.15, 0.2) is 42.9 Å². The Hall–Kier alpha value is -2.80. The molecule has 5 rings (SSSR count). The average Bonchev–Trinajstić information content (AvgIpc) is 3.32. The highest BCUT2D eigenvalue weighted by molar-refractivity contribution is 5.89. The van der Waals surface area contributed by atoms with Gasteiger partial charge in [-0.2, -0.15) is 5.10 Å². The Kier molecular flexibility index (Phi) is 2.68. The molecule has 0 radical (unpaired) electrons. The Morgan fingerprint density at radius 3 is 2.87 bits per heavy atom. The Morgan fingerprint density at radius 2 is 2.04 bits per heavy atom. The van der Waals surface area contributed by atoms with E-state index in [1.165, 1.54) is 0 Å². The quantitative estimate of drug-likeness (QED) is 0.568. The van der Waals surface area contributed by atoms with E-state index in [1.54, 1.807) is 17.0 Å². The van der Waals surface area contributed by atoms with Crippen molar-refractivity contribution >= 4 is 16.7 Å². The second kappa shape index (κ2) is 4.85. The van der Waals surface area contributed by atoms with Crippen LogP contribution in [-0.4, -0.2) is 36.0 Å². The topological polar surface area (TPSA) is 70.1 Å². The number of hydrogen-bond donors (Lipinski definition) is 0. The molecule has 0 unspecified atom stereocenters. The van der Waals surface area contributed by atoms with Gasteiger partial charge in [0.2, 0.25) is 0 Å². The Bertz CT molecular complexity index is 984. The molecule has 0 aliphatic carbocycles. The minimum absolute atomic E-state index is 0.00545. The van der Waals surface area contributed by atoms with Gasteiger partial charge in [0, 0.05) is 6.61 Å². The Balaban J connectivity index is 1.70. The fraction of sp³-hybridized carbons (Fsp3) is 0.250. The summed E-state index contributed by atoms with van der Waals surface area (Å²) in [5.41, 5.74) is 2.51. The Morgan fingerprint density at radius 1 is 1.13 bits per heavy atom. The summed E-state index contributed by atoms with van der Waals surface area (Å²) < 4.78 is 9.20. The molecule has 1 aliphatic heterocycles. The SMILES string of the molecule is c1ccc(-n2ncc3c2ncn2nc([C@@H]4CCCO4)nc32)cc1. The Labute approximate surface area is 131 Å². The highest BCUT2D eigenvalue weighted by Gasteiger charge is 2.23. The van der Waals surface area contributed by atoms with Crippen LogP contribution in [0.1, 0.15) is 24.8 Å². The number of fused-ring (bicyclic) bond motifs is 3. The van der Waals surface area contributed by atoms with E-state index in [9.17, 15) is 0 Å². The number of hydrogen-bond acceptors (Lipinski definition) is 5. The van der Waals surface area contributed by atoms with Crippen molar-refractivity contribution in [3.63, 3.8) is 0 Å². The third-order valence-electron chi connectivity index (χ3n) is 4.14. The number of para-hydroxylation sites is 1. The van der Waals surface area contributed by atoms with Crippen molar-refractivity contribution in [2.45, 2.75) is 18.9 Å². The average molecular weight is 306 g/mol. The molecule has 7 nitrogen and oxygen atoms in total. The summed E-state index contributed by atoms with van der Waals surface area (Å²) in [7, 11) is 0. The third-order valence-corrected chi connectivity index (χ3v) is 4.14. The molecular weight excluding hydrogens is 292 g/mol. The van der Waals surface area contributed by atoms with Crippen molar-refractivity contribution in [2.75, 3.05) is 6.61 Å². The summed E-state index contributed by atoms with van der Waals surface area (Å²) in [6.45, 7) is 0.778. The molecule has 1 saturated heterocycles. The monoisotopic (exact) mass is 306 g/mol. The molecule has 1 fully saturated rings. The van der Waals surface area contributed by atoms with Crippen LogP contribution in [-0.2, 0) is 4.74 Å². The first-order valence-corrected chi connectivity index (χ1v) is 7.66. The van der Waals surface area contributed by atoms with Crippen molar-refractivity contribution in [2.24, 2.45) is 0 Å². The van der Waals surface area contributed by atoms with Gasteiger partial charge in [-0.05, 0) is 25.0 Å². The van der Waals surface area contributed by atoms with Crippen LogP contribution >= 0.6 is 0 Å². The lowest BCUT2D eigenvalue weighted by Gasteiger charge is -2.01. The van der Waals surface area contributed by atoms with Gasteiger partial charge in [0.25, 0.3) is 0 Å². The summed E-state index contributed by atoms with van der Waals surface area (Å²) in [6.07, 6.45) is 5.49. The maximum Gasteiger partial charge on any atom is 0.180 e. The molecule has 3 aromatic heterocycles. The van der Waals surface area contributed by atoms with Crippen LogP contribution in [0.3, 0.4) is 0 Å². The lowest BCUT2D eigenvalue weighted by molar-refractivity contribution is 0.105. The molecule has 0 spiro atoms. The zero-order chi connectivity index (χ0) is 15.2. The smallest absolute Gasteiger partial charge is 0.180 e. The van der Waals surface area contributed by atoms with Crippen molar-refractivity contribution in [3.05, 3.63) is 48.7 Å². The molecule has 1 aliphatic rings. The highest BCUT2D eigenvalue weighted by Crippen LogP contribution is 2.27. The highest BCUT2D eigenvalue weighted by atomic mass is 16.5. The molecule has 4 aromatic rings. The molecule has 1 atom stereocenters. The first-order chi connectivity index (χ1) is 11.4. The minimum Gasteiger partial charge on any atom is -0.370 e. The van der Waals surface area contributed by atoms with E-state index in [1.807, 2.05) is 35.0 Å². The summed E-state index contributed by atoms with van der Waals surface area (Å²) in [4.78, 5) is 9.17. The fourth-order valence-electron chi connectivity index (χ4n) is 3.01. The molecule has 0 saturated carbocycles. The van der Waals surface area contributed by atoms with E-state index >= 15 is 0 Å². The van der Waals surface area contributed by atoms with E-state index < -0.39 is 0 Å². The molecule has 4 heterocycles. The van der Waals surface area contributed by atoms with Crippen LogP contribution in [0, 0.1) is 0 Å². The molecule has 23 heavy (non-hydrogen) atoms. The summed E-state index contributed by atoms with van der Waals surface area (Å²) >= 11 is 0. The van der Waals surface area contributed by atoms with Crippen LogP contribution in [0.5, 0.6) is 0 Å². The molecule has 0 bridgehead atoms. The number of nitrogens with zero attached hydrogens (tertiary/aromatic N) is 6. The first-order valence-electron chi connectivity index (χ1n) is 7.66. The lowest BCUT2D eigenvalue weighted by Crippen LogP contribution is -1.99. The van der Waals surface area contributed by atoms with Crippen molar-refractivity contribution in [3.8, 4) is 5.69 Å². The summed E-state index contributed by atoms with van der Waals surface area (Å²) in [5, 5.41) is 9.85. The van der Waals surface area contributed by atoms with Crippen LogP contribution in [0.4, 0.5) is 0 Å². The summed E-state index contributed by atoms with van der Waals surface area (Å²) in [5.74, 6) is 0.726. The summed E-state index contributed by atoms with van der Waals surface area (Å²) in [6, 6.07) is 9.94. The molecule has 0 N–H and O–H groups in total. The molecule has 1 aromatic carbocycles. The molecule has 0 amide bonds. The molecule has 7 heteroatoms. The van der Waals surface area contributed by atoms with Crippen molar-refractivity contribution in [1.82, 2.24) is 29.4 Å². The predicted octanol–water partition coefficient (Wildman–Crippen LogP) is 2.31. The van der Waals surface area contributed by atoms with E-state index in [0.29, 0.717) is 0 Å². The maximum atomic E-state index is 5.68. The lowest BCUT2D eigenvalue weighted by atomic mass is 10.2. The standard InChI is InChI=1S/C16H14N6O/c1-2-5-11(6-3-1)22-15-12(9-18-22)16-19-14(13-7-4-8-23-13)20-21(16)10-17-15/h1-3,5-6,9-10,13H,4,7-8H2/t13-/m0/s1. The van der Waals surface area contributed by atoms with Gasteiger partial charge in [-0.3, -0.25) is 0 Å². The second-order valence-corrected chi connectivity index (χ2v) is 5.61. The number of aromatic nitrogens is 6. The van der Waals surface area contributed by atoms with Gasteiger partial charge < -0.3 is 4.74 Å². The molecule has 114 valence electrons. The number of ether oxygens (including phenoxy) is 1. The van der Waals surface area contributed by atoms with Gasteiger partial charge >= 0.3 is 0 Å². The van der Waals surface area contributed by atoms with Crippen LogP contribution in [0.25, 0.3) is 22.4 Å². The van der Waals surface area contributed by atoms with Gasteiger partial charge in [0.15, 0.2) is 17.1 Å². The largest absolute Gasteiger partial charge is 0.370 e. The first kappa shape index (κ1) is 12.7. The fourth-order valence-corrected chi connectivity index (χ4v) is 3.01. The van der Waals surface area contributed by atoms with Crippen molar-refractivity contribution < 1.29 is 4.74 Å².